The van der Waals surface area contributed by atoms with Crippen LogP contribution in [0, 0.1) is 13.8 Å². The van der Waals surface area contributed by atoms with Crippen LogP contribution in [-0.2, 0) is 6.42 Å². The summed E-state index contributed by atoms with van der Waals surface area (Å²) in [7, 11) is 1.95. The quantitative estimate of drug-likeness (QED) is 0.900. The molecule has 96 valence electrons. The SMILES string of the molecule is CNC(Cc1c(C)cccc1C)c1ccoc1Cl. The average molecular weight is 264 g/mol. The van der Waals surface area contributed by atoms with Gasteiger partial charge in [0.1, 0.15) is 0 Å². The number of halogens is 1. The van der Waals surface area contributed by atoms with Crippen LogP contribution in [0.1, 0.15) is 28.3 Å². The van der Waals surface area contributed by atoms with E-state index >= 15 is 0 Å². The number of furan rings is 1. The Morgan fingerprint density at radius 3 is 2.39 bits per heavy atom. The molecule has 0 saturated carbocycles. The van der Waals surface area contributed by atoms with Gasteiger partial charge >= 0.3 is 0 Å². The fourth-order valence-electron chi connectivity index (χ4n) is 2.30. The Kier molecular flexibility index (Phi) is 4.10. The molecule has 0 aliphatic rings. The molecule has 0 fully saturated rings. The summed E-state index contributed by atoms with van der Waals surface area (Å²) in [6.45, 7) is 4.29. The van der Waals surface area contributed by atoms with Gasteiger partial charge in [0.15, 0.2) is 5.22 Å². The zero-order valence-electron chi connectivity index (χ0n) is 11.0. The number of rotatable bonds is 4. The van der Waals surface area contributed by atoms with E-state index in [0.717, 1.165) is 12.0 Å². The van der Waals surface area contributed by atoms with Crippen LogP contribution in [0.25, 0.3) is 0 Å². The Labute approximate surface area is 113 Å². The summed E-state index contributed by atoms with van der Waals surface area (Å²) < 4.78 is 5.17. The minimum Gasteiger partial charge on any atom is -0.453 e. The van der Waals surface area contributed by atoms with E-state index in [1.54, 1.807) is 6.26 Å². The van der Waals surface area contributed by atoms with E-state index in [1.807, 2.05) is 13.1 Å². The van der Waals surface area contributed by atoms with Crippen LogP contribution >= 0.6 is 11.6 Å². The highest BCUT2D eigenvalue weighted by molar-refractivity contribution is 6.29. The Balaban J connectivity index is 2.29. The van der Waals surface area contributed by atoms with Gasteiger partial charge in [0.05, 0.1) is 6.26 Å². The van der Waals surface area contributed by atoms with Gasteiger partial charge in [-0.3, -0.25) is 0 Å². The second kappa shape index (κ2) is 5.59. The van der Waals surface area contributed by atoms with Crippen LogP contribution < -0.4 is 5.32 Å². The Bertz CT molecular complexity index is 513. The highest BCUT2D eigenvalue weighted by Gasteiger charge is 2.17. The van der Waals surface area contributed by atoms with E-state index in [9.17, 15) is 0 Å². The molecule has 2 aromatic rings. The Morgan fingerprint density at radius 1 is 1.22 bits per heavy atom. The molecule has 0 amide bonds. The van der Waals surface area contributed by atoms with Crippen molar-refractivity contribution in [3.8, 4) is 0 Å². The van der Waals surface area contributed by atoms with E-state index in [4.69, 9.17) is 16.0 Å². The highest BCUT2D eigenvalue weighted by Crippen LogP contribution is 2.28. The van der Waals surface area contributed by atoms with Gasteiger partial charge in [-0.15, -0.1) is 0 Å². The standard InChI is InChI=1S/C15H18ClNO/c1-10-5-4-6-11(2)13(10)9-14(17-3)12-7-8-18-15(12)16/h4-8,14,17H,9H2,1-3H3. The van der Waals surface area contributed by atoms with Gasteiger partial charge in [0.2, 0.25) is 0 Å². The first-order chi connectivity index (χ1) is 8.63. The number of hydrogen-bond donors (Lipinski definition) is 1. The molecule has 1 aromatic carbocycles. The predicted molar refractivity (Wildman–Crippen MR) is 75.1 cm³/mol. The van der Waals surface area contributed by atoms with Crippen molar-refractivity contribution in [2.24, 2.45) is 0 Å². The molecule has 1 aromatic heterocycles. The lowest BCUT2D eigenvalue weighted by Crippen LogP contribution is -2.19. The number of hydrogen-bond acceptors (Lipinski definition) is 2. The van der Waals surface area contributed by atoms with Crippen LogP contribution in [0.4, 0.5) is 0 Å². The second-order valence-corrected chi connectivity index (χ2v) is 4.91. The van der Waals surface area contributed by atoms with E-state index in [2.05, 4.69) is 37.4 Å². The maximum Gasteiger partial charge on any atom is 0.197 e. The van der Waals surface area contributed by atoms with Gasteiger partial charge in [-0.2, -0.15) is 0 Å². The summed E-state index contributed by atoms with van der Waals surface area (Å²) in [5.41, 5.74) is 5.01. The van der Waals surface area contributed by atoms with Crippen LogP contribution in [0.5, 0.6) is 0 Å². The third-order valence-electron chi connectivity index (χ3n) is 3.42. The fraction of sp³-hybridized carbons (Fsp3) is 0.333. The smallest absolute Gasteiger partial charge is 0.197 e. The first-order valence-electron chi connectivity index (χ1n) is 6.08. The minimum atomic E-state index is 0.177. The first-order valence-corrected chi connectivity index (χ1v) is 6.46. The van der Waals surface area contributed by atoms with Crippen molar-refractivity contribution in [1.82, 2.24) is 5.32 Å². The number of aryl methyl sites for hydroxylation is 2. The molecule has 18 heavy (non-hydrogen) atoms. The van der Waals surface area contributed by atoms with Crippen molar-refractivity contribution in [3.05, 3.63) is 58.0 Å². The molecule has 1 heterocycles. The van der Waals surface area contributed by atoms with Crippen LogP contribution in [-0.4, -0.2) is 7.05 Å². The molecule has 0 bridgehead atoms. The molecule has 0 saturated heterocycles. The van der Waals surface area contributed by atoms with E-state index in [0.29, 0.717) is 5.22 Å². The van der Waals surface area contributed by atoms with Crippen LogP contribution in [0.15, 0.2) is 34.9 Å². The lowest BCUT2D eigenvalue weighted by Gasteiger charge is -2.18. The third kappa shape index (κ3) is 2.60. The summed E-state index contributed by atoms with van der Waals surface area (Å²) in [4.78, 5) is 0. The first kappa shape index (κ1) is 13.2. The monoisotopic (exact) mass is 263 g/mol. The molecule has 0 radical (unpaired) electrons. The topological polar surface area (TPSA) is 25.2 Å². The minimum absolute atomic E-state index is 0.177. The Morgan fingerprint density at radius 2 is 1.89 bits per heavy atom. The van der Waals surface area contributed by atoms with Crippen molar-refractivity contribution in [1.29, 1.82) is 0 Å². The molecule has 0 aliphatic heterocycles. The molecular weight excluding hydrogens is 246 g/mol. The zero-order valence-corrected chi connectivity index (χ0v) is 11.7. The maximum absolute atomic E-state index is 6.05. The van der Waals surface area contributed by atoms with Gasteiger partial charge in [-0.1, -0.05) is 18.2 Å². The van der Waals surface area contributed by atoms with E-state index in [1.165, 1.54) is 16.7 Å². The Hall–Kier alpha value is -1.25. The summed E-state index contributed by atoms with van der Waals surface area (Å²) in [6, 6.07) is 8.48. The van der Waals surface area contributed by atoms with Crippen molar-refractivity contribution in [2.45, 2.75) is 26.3 Å². The van der Waals surface area contributed by atoms with Crippen LogP contribution in [0.2, 0.25) is 5.22 Å². The van der Waals surface area contributed by atoms with Gasteiger partial charge < -0.3 is 9.73 Å². The summed E-state index contributed by atoms with van der Waals surface area (Å²) in [6.07, 6.45) is 2.54. The maximum atomic E-state index is 6.05. The van der Waals surface area contributed by atoms with E-state index in [-0.39, 0.29) is 6.04 Å². The largest absolute Gasteiger partial charge is 0.453 e. The normalized spacial score (nSPS) is 12.7. The number of nitrogens with one attached hydrogen (secondary N) is 1. The van der Waals surface area contributed by atoms with Gasteiger partial charge in [0, 0.05) is 11.6 Å². The lowest BCUT2D eigenvalue weighted by atomic mass is 9.94. The molecule has 0 aliphatic carbocycles. The molecule has 2 nitrogen and oxygen atoms in total. The van der Waals surface area contributed by atoms with Gasteiger partial charge in [0.25, 0.3) is 0 Å². The molecule has 1 N–H and O–H groups in total. The summed E-state index contributed by atoms with van der Waals surface area (Å²) in [5.74, 6) is 0. The molecule has 3 heteroatoms. The van der Waals surface area contributed by atoms with Crippen molar-refractivity contribution >= 4 is 11.6 Å². The van der Waals surface area contributed by atoms with Crippen molar-refractivity contribution in [3.63, 3.8) is 0 Å². The molecular formula is C15H18ClNO. The lowest BCUT2D eigenvalue weighted by molar-refractivity contribution is 0.543. The zero-order chi connectivity index (χ0) is 13.1. The fourth-order valence-corrected chi connectivity index (χ4v) is 2.54. The summed E-state index contributed by atoms with van der Waals surface area (Å²) >= 11 is 6.05. The van der Waals surface area contributed by atoms with Gasteiger partial charge in [-0.25, -0.2) is 0 Å². The molecule has 2 rings (SSSR count). The summed E-state index contributed by atoms with van der Waals surface area (Å²) in [5, 5.41) is 3.78. The predicted octanol–water partition coefficient (Wildman–Crippen LogP) is 4.05. The van der Waals surface area contributed by atoms with Crippen molar-refractivity contribution in [2.75, 3.05) is 7.05 Å². The second-order valence-electron chi connectivity index (χ2n) is 4.57. The molecule has 0 spiro atoms. The molecule has 1 unspecified atom stereocenters. The van der Waals surface area contributed by atoms with Crippen LogP contribution in [0.3, 0.4) is 0 Å². The number of likely N-dealkylation sites (N-methyl/N-ethyl adjacent to an activating group) is 1. The van der Waals surface area contributed by atoms with E-state index < -0.39 is 0 Å². The van der Waals surface area contributed by atoms with Crippen molar-refractivity contribution < 1.29 is 4.42 Å². The van der Waals surface area contributed by atoms with Gasteiger partial charge in [-0.05, 0) is 61.7 Å². The number of benzene rings is 1. The third-order valence-corrected chi connectivity index (χ3v) is 3.73. The average Bonchev–Trinajstić information content (AvgIpc) is 2.76. The molecule has 1 atom stereocenters. The highest BCUT2D eigenvalue weighted by atomic mass is 35.5.